The largest absolute Gasteiger partial charge is 0.358 e. The molecule has 0 saturated heterocycles. The SMILES string of the molecule is S=C(N/N=C\c1ccccc1)N[C@H]1C[C@H]2CC[C@H]1C2. The second-order valence-corrected chi connectivity index (χ2v) is 5.94. The summed E-state index contributed by atoms with van der Waals surface area (Å²) in [6.07, 6.45) is 7.21. The van der Waals surface area contributed by atoms with Crippen LogP contribution in [0.3, 0.4) is 0 Å². The average molecular weight is 273 g/mol. The second kappa shape index (κ2) is 5.70. The maximum atomic E-state index is 5.29. The van der Waals surface area contributed by atoms with Crippen LogP contribution in [0.4, 0.5) is 0 Å². The monoisotopic (exact) mass is 273 g/mol. The van der Waals surface area contributed by atoms with Crippen molar-refractivity contribution in [1.82, 2.24) is 10.7 Å². The topological polar surface area (TPSA) is 36.4 Å². The van der Waals surface area contributed by atoms with Crippen LogP contribution in [-0.2, 0) is 0 Å². The van der Waals surface area contributed by atoms with E-state index in [0.717, 1.165) is 17.4 Å². The molecule has 100 valence electrons. The summed E-state index contributed by atoms with van der Waals surface area (Å²) >= 11 is 5.29. The third-order valence-electron chi connectivity index (χ3n) is 4.23. The Morgan fingerprint density at radius 1 is 1.21 bits per heavy atom. The van der Waals surface area contributed by atoms with Crippen molar-refractivity contribution in [2.75, 3.05) is 0 Å². The van der Waals surface area contributed by atoms with Gasteiger partial charge in [0.05, 0.1) is 6.21 Å². The van der Waals surface area contributed by atoms with Crippen LogP contribution >= 0.6 is 12.2 Å². The number of fused-ring (bicyclic) bond motifs is 2. The molecular weight excluding hydrogens is 254 g/mol. The molecule has 1 aromatic rings. The Morgan fingerprint density at radius 2 is 2.05 bits per heavy atom. The normalized spacial score (nSPS) is 28.7. The lowest BCUT2D eigenvalue weighted by molar-refractivity contribution is 0.389. The number of thiocarbonyl (C=S) groups is 1. The molecule has 0 spiro atoms. The molecule has 2 fully saturated rings. The molecule has 1 aromatic carbocycles. The summed E-state index contributed by atoms with van der Waals surface area (Å²) in [4.78, 5) is 0. The predicted octanol–water partition coefficient (Wildman–Crippen LogP) is 2.67. The molecule has 2 bridgehead atoms. The minimum absolute atomic E-state index is 0.561. The number of hydrazone groups is 1. The summed E-state index contributed by atoms with van der Waals surface area (Å²) in [6.45, 7) is 0. The summed E-state index contributed by atoms with van der Waals surface area (Å²) in [5.41, 5.74) is 3.97. The van der Waals surface area contributed by atoms with Crippen molar-refractivity contribution >= 4 is 23.5 Å². The third kappa shape index (κ3) is 3.13. The highest BCUT2D eigenvalue weighted by atomic mass is 32.1. The summed E-state index contributed by atoms with van der Waals surface area (Å²) in [5.74, 6) is 1.75. The Bertz CT molecular complexity index is 472. The van der Waals surface area contributed by atoms with Crippen molar-refractivity contribution in [2.24, 2.45) is 16.9 Å². The van der Waals surface area contributed by atoms with Gasteiger partial charge in [0, 0.05) is 6.04 Å². The van der Waals surface area contributed by atoms with E-state index in [0.29, 0.717) is 11.2 Å². The van der Waals surface area contributed by atoms with E-state index in [1.165, 1.54) is 25.7 Å². The molecule has 0 unspecified atom stereocenters. The quantitative estimate of drug-likeness (QED) is 0.505. The first-order valence-electron chi connectivity index (χ1n) is 6.96. The molecule has 0 heterocycles. The minimum Gasteiger partial charge on any atom is -0.358 e. The molecule has 2 aliphatic carbocycles. The highest BCUT2D eigenvalue weighted by molar-refractivity contribution is 7.80. The zero-order valence-corrected chi connectivity index (χ0v) is 11.7. The maximum Gasteiger partial charge on any atom is 0.187 e. The summed E-state index contributed by atoms with van der Waals surface area (Å²) < 4.78 is 0. The van der Waals surface area contributed by atoms with Crippen LogP contribution in [-0.4, -0.2) is 17.4 Å². The molecule has 0 aliphatic heterocycles. The zero-order chi connectivity index (χ0) is 13.1. The first kappa shape index (κ1) is 12.6. The summed E-state index contributed by atoms with van der Waals surface area (Å²) in [7, 11) is 0. The highest BCUT2D eigenvalue weighted by Crippen LogP contribution is 2.44. The van der Waals surface area contributed by atoms with Gasteiger partial charge in [-0.05, 0) is 48.9 Å². The lowest BCUT2D eigenvalue weighted by Gasteiger charge is -2.23. The number of benzene rings is 1. The van der Waals surface area contributed by atoms with Gasteiger partial charge in [-0.2, -0.15) is 5.10 Å². The van der Waals surface area contributed by atoms with Gasteiger partial charge >= 0.3 is 0 Å². The van der Waals surface area contributed by atoms with E-state index in [1.54, 1.807) is 6.21 Å². The molecular formula is C15H19N3S. The zero-order valence-electron chi connectivity index (χ0n) is 10.9. The van der Waals surface area contributed by atoms with E-state index in [-0.39, 0.29) is 0 Å². The third-order valence-corrected chi connectivity index (χ3v) is 4.44. The Hall–Kier alpha value is -1.42. The lowest BCUT2D eigenvalue weighted by Crippen LogP contribution is -2.42. The van der Waals surface area contributed by atoms with Crippen molar-refractivity contribution in [3.63, 3.8) is 0 Å². The fourth-order valence-electron chi connectivity index (χ4n) is 3.33. The van der Waals surface area contributed by atoms with Gasteiger partial charge in [-0.1, -0.05) is 36.8 Å². The van der Waals surface area contributed by atoms with Crippen molar-refractivity contribution in [1.29, 1.82) is 0 Å². The summed E-state index contributed by atoms with van der Waals surface area (Å²) in [6, 6.07) is 10.6. The van der Waals surface area contributed by atoms with Gasteiger partial charge in [-0.3, -0.25) is 5.43 Å². The number of nitrogens with one attached hydrogen (secondary N) is 2. The van der Waals surface area contributed by atoms with Gasteiger partial charge in [0.25, 0.3) is 0 Å². The minimum atomic E-state index is 0.561. The molecule has 2 saturated carbocycles. The van der Waals surface area contributed by atoms with Crippen molar-refractivity contribution in [3.05, 3.63) is 35.9 Å². The van der Waals surface area contributed by atoms with E-state index in [1.807, 2.05) is 30.3 Å². The van der Waals surface area contributed by atoms with Crippen molar-refractivity contribution < 1.29 is 0 Å². The van der Waals surface area contributed by atoms with Crippen LogP contribution in [0.25, 0.3) is 0 Å². The van der Waals surface area contributed by atoms with E-state index in [9.17, 15) is 0 Å². The van der Waals surface area contributed by atoms with E-state index in [4.69, 9.17) is 12.2 Å². The molecule has 0 aromatic heterocycles. The van der Waals surface area contributed by atoms with Crippen LogP contribution in [0.5, 0.6) is 0 Å². The van der Waals surface area contributed by atoms with Gasteiger partial charge < -0.3 is 5.32 Å². The molecule has 3 atom stereocenters. The maximum absolute atomic E-state index is 5.29. The van der Waals surface area contributed by atoms with E-state index >= 15 is 0 Å². The van der Waals surface area contributed by atoms with Crippen LogP contribution in [0.2, 0.25) is 0 Å². The number of hydrogen-bond acceptors (Lipinski definition) is 2. The van der Waals surface area contributed by atoms with Gasteiger partial charge in [-0.15, -0.1) is 0 Å². The van der Waals surface area contributed by atoms with Gasteiger partial charge in [-0.25, -0.2) is 0 Å². The number of nitrogens with zero attached hydrogens (tertiary/aromatic N) is 1. The molecule has 4 heteroatoms. The van der Waals surface area contributed by atoms with Gasteiger partial charge in [0.15, 0.2) is 5.11 Å². The van der Waals surface area contributed by atoms with Gasteiger partial charge in [0.2, 0.25) is 0 Å². The van der Waals surface area contributed by atoms with Crippen molar-refractivity contribution in [3.8, 4) is 0 Å². The molecule has 2 N–H and O–H groups in total. The standard InChI is InChI=1S/C15H19N3S/c19-15(17-14-9-12-6-7-13(14)8-12)18-16-10-11-4-2-1-3-5-11/h1-5,10,12-14H,6-9H2,(H2,17,18,19)/b16-10-/t12-,13-,14-/m0/s1. The van der Waals surface area contributed by atoms with Crippen LogP contribution in [0.1, 0.15) is 31.2 Å². The fourth-order valence-corrected chi connectivity index (χ4v) is 3.53. The molecule has 3 nitrogen and oxygen atoms in total. The molecule has 0 amide bonds. The van der Waals surface area contributed by atoms with Gasteiger partial charge in [0.1, 0.15) is 0 Å². The highest BCUT2D eigenvalue weighted by Gasteiger charge is 2.39. The first-order valence-corrected chi connectivity index (χ1v) is 7.37. The molecule has 3 rings (SSSR count). The number of rotatable bonds is 3. The molecule has 0 radical (unpaired) electrons. The van der Waals surface area contributed by atoms with Crippen molar-refractivity contribution in [2.45, 2.75) is 31.7 Å². The lowest BCUT2D eigenvalue weighted by atomic mass is 9.96. The van der Waals surface area contributed by atoms with Crippen LogP contribution in [0.15, 0.2) is 35.4 Å². The first-order chi connectivity index (χ1) is 9.31. The Morgan fingerprint density at radius 3 is 2.74 bits per heavy atom. The summed E-state index contributed by atoms with van der Waals surface area (Å²) in [5, 5.41) is 8.21. The van der Waals surface area contributed by atoms with E-state index < -0.39 is 0 Å². The Balaban J connectivity index is 1.46. The Kier molecular flexibility index (Phi) is 3.78. The van der Waals surface area contributed by atoms with E-state index in [2.05, 4.69) is 15.8 Å². The Labute approximate surface area is 119 Å². The molecule has 19 heavy (non-hydrogen) atoms. The van der Waals surface area contributed by atoms with Crippen LogP contribution < -0.4 is 10.7 Å². The molecule has 2 aliphatic rings. The fraction of sp³-hybridized carbons (Fsp3) is 0.467. The predicted molar refractivity (Wildman–Crippen MR) is 82.1 cm³/mol. The van der Waals surface area contributed by atoms with Crippen LogP contribution in [0, 0.1) is 11.8 Å². The number of hydrogen-bond donors (Lipinski definition) is 2. The second-order valence-electron chi connectivity index (χ2n) is 5.54. The smallest absolute Gasteiger partial charge is 0.187 e. The average Bonchev–Trinajstić information content (AvgIpc) is 3.02.